The van der Waals surface area contributed by atoms with Crippen LogP contribution in [0.3, 0.4) is 0 Å². The van der Waals surface area contributed by atoms with E-state index in [2.05, 4.69) is 52.1 Å². The Bertz CT molecular complexity index is 1290. The number of nitrogens with zero attached hydrogens (tertiary/aromatic N) is 4. The molecule has 1 saturated heterocycles. The summed E-state index contributed by atoms with van der Waals surface area (Å²) in [7, 11) is 0. The van der Waals surface area contributed by atoms with Crippen LogP contribution in [-0.4, -0.2) is 56.6 Å². The van der Waals surface area contributed by atoms with Crippen LogP contribution in [0.5, 0.6) is 11.6 Å². The molecule has 1 aliphatic heterocycles. The zero-order valence-electron chi connectivity index (χ0n) is 20.6. The maximum absolute atomic E-state index is 10.3. The van der Waals surface area contributed by atoms with Crippen LogP contribution in [0.25, 0.3) is 22.3 Å². The van der Waals surface area contributed by atoms with Crippen molar-refractivity contribution in [1.29, 1.82) is 0 Å². The molecule has 1 aliphatic rings. The Balaban J connectivity index is 1.21. The van der Waals surface area contributed by atoms with Crippen molar-refractivity contribution in [2.45, 2.75) is 46.0 Å². The lowest BCUT2D eigenvalue weighted by Gasteiger charge is -2.32. The van der Waals surface area contributed by atoms with Gasteiger partial charge in [0.25, 0.3) is 5.88 Å². The number of aromatic nitrogens is 4. The number of para-hydroxylation sites is 1. The number of benzene rings is 1. The number of rotatable bonds is 8. The number of nitrogens with one attached hydrogen (secondary N) is 1. The molecule has 0 unspecified atom stereocenters. The molecule has 1 aromatic carbocycles. The number of phenolic OH excluding ortho intramolecular Hbond substituents is 1. The second-order valence-electron chi connectivity index (χ2n) is 9.87. The number of H-pyrrole nitrogens is 1. The summed E-state index contributed by atoms with van der Waals surface area (Å²) >= 11 is 0. The first-order chi connectivity index (χ1) is 17.0. The number of phenols is 1. The maximum Gasteiger partial charge on any atom is 0.254 e. The smallest absolute Gasteiger partial charge is 0.254 e. The van der Waals surface area contributed by atoms with Crippen LogP contribution in [0.4, 0.5) is 0 Å². The minimum atomic E-state index is 0.215. The van der Waals surface area contributed by atoms with Crippen molar-refractivity contribution in [2.24, 2.45) is 5.92 Å². The highest BCUT2D eigenvalue weighted by atomic mass is 16.5. The number of piperidine rings is 1. The Kier molecular flexibility index (Phi) is 6.72. The Morgan fingerprint density at radius 2 is 1.97 bits per heavy atom. The van der Waals surface area contributed by atoms with E-state index < -0.39 is 0 Å². The molecule has 1 fully saturated rings. The molecule has 8 nitrogen and oxygen atoms in total. The Morgan fingerprint density at radius 1 is 1.17 bits per heavy atom. The van der Waals surface area contributed by atoms with Gasteiger partial charge in [0.05, 0.1) is 5.69 Å². The van der Waals surface area contributed by atoms with Gasteiger partial charge in [-0.3, -0.25) is 4.90 Å². The van der Waals surface area contributed by atoms with Crippen LogP contribution in [0.1, 0.15) is 49.6 Å². The van der Waals surface area contributed by atoms with E-state index in [0.29, 0.717) is 35.6 Å². The van der Waals surface area contributed by atoms with Gasteiger partial charge in [-0.25, -0.2) is 0 Å². The Hall–Kier alpha value is -3.39. The van der Waals surface area contributed by atoms with E-state index in [1.54, 1.807) is 6.07 Å². The van der Waals surface area contributed by atoms with Gasteiger partial charge in [0.2, 0.25) is 0 Å². The van der Waals surface area contributed by atoms with Crippen molar-refractivity contribution >= 4 is 11.0 Å². The van der Waals surface area contributed by atoms with Crippen LogP contribution in [0.2, 0.25) is 0 Å². The molecule has 0 saturated carbocycles. The van der Waals surface area contributed by atoms with E-state index in [1.165, 1.54) is 5.56 Å². The summed E-state index contributed by atoms with van der Waals surface area (Å²) in [6, 6.07) is 11.2. The third-order valence-corrected chi connectivity index (χ3v) is 6.77. The lowest BCUT2D eigenvalue weighted by Crippen LogP contribution is -2.36. The molecule has 35 heavy (non-hydrogen) atoms. The van der Waals surface area contributed by atoms with Crippen LogP contribution >= 0.6 is 0 Å². The normalized spacial score (nSPS) is 15.3. The van der Waals surface area contributed by atoms with E-state index in [4.69, 9.17) is 9.26 Å². The number of hydrogen-bond acceptors (Lipinski definition) is 7. The van der Waals surface area contributed by atoms with Gasteiger partial charge in [-0.05, 0) is 73.6 Å². The first kappa shape index (κ1) is 23.4. The third-order valence-electron chi connectivity index (χ3n) is 6.77. The summed E-state index contributed by atoms with van der Waals surface area (Å²) in [5.41, 5.74) is 4.66. The van der Waals surface area contributed by atoms with Gasteiger partial charge in [0, 0.05) is 35.7 Å². The van der Waals surface area contributed by atoms with Gasteiger partial charge >= 0.3 is 0 Å². The molecule has 0 amide bonds. The largest absolute Gasteiger partial charge is 0.507 e. The fourth-order valence-electron chi connectivity index (χ4n) is 5.07. The molecule has 0 atom stereocenters. The third kappa shape index (κ3) is 5.17. The molecule has 0 radical (unpaired) electrons. The van der Waals surface area contributed by atoms with Gasteiger partial charge in [-0.2, -0.15) is 0 Å². The van der Waals surface area contributed by atoms with E-state index in [-0.39, 0.29) is 5.75 Å². The monoisotopic (exact) mass is 475 g/mol. The molecule has 4 aromatic rings. The highest BCUT2D eigenvalue weighted by Gasteiger charge is 2.25. The number of likely N-dealkylation sites (tertiary alicyclic amines) is 1. The minimum absolute atomic E-state index is 0.215. The van der Waals surface area contributed by atoms with Crippen molar-refractivity contribution in [2.75, 3.05) is 26.2 Å². The zero-order valence-corrected chi connectivity index (χ0v) is 20.6. The molecule has 184 valence electrons. The summed E-state index contributed by atoms with van der Waals surface area (Å²) in [6.07, 6.45) is 3.02. The van der Waals surface area contributed by atoms with Crippen LogP contribution in [0.15, 0.2) is 40.9 Å². The average molecular weight is 476 g/mol. The molecule has 2 N–H and O–H groups in total. The standard InChI is InChI=1S/C27H33N5O3/c1-17(2)14-20-15-25(31-35-20)34-13-12-32-10-8-19(9-11-32)26-18(3)28-27-22(26)16-23(29-30-27)21-6-4-5-7-24(21)33/h4-7,15-17,19,33H,8-14H2,1-3H3,(H,28,30). The summed E-state index contributed by atoms with van der Waals surface area (Å²) < 4.78 is 11.2. The number of ether oxygens (including phenoxy) is 1. The number of aromatic hydroxyl groups is 1. The predicted octanol–water partition coefficient (Wildman–Crippen LogP) is 5.08. The van der Waals surface area contributed by atoms with Crippen molar-refractivity contribution in [1.82, 2.24) is 25.2 Å². The van der Waals surface area contributed by atoms with Crippen molar-refractivity contribution in [3.63, 3.8) is 0 Å². The lowest BCUT2D eigenvalue weighted by molar-refractivity contribution is 0.168. The summed E-state index contributed by atoms with van der Waals surface area (Å²) in [5.74, 6) is 2.65. The van der Waals surface area contributed by atoms with Gasteiger partial charge in [-0.1, -0.05) is 26.0 Å². The summed E-state index contributed by atoms with van der Waals surface area (Å²) in [5, 5.41) is 24.2. The fourth-order valence-corrected chi connectivity index (χ4v) is 5.07. The number of aryl methyl sites for hydroxylation is 1. The Morgan fingerprint density at radius 3 is 2.74 bits per heavy atom. The topological polar surface area (TPSA) is 100 Å². The van der Waals surface area contributed by atoms with Gasteiger partial charge < -0.3 is 19.4 Å². The van der Waals surface area contributed by atoms with Crippen LogP contribution in [-0.2, 0) is 6.42 Å². The van der Waals surface area contributed by atoms with E-state index in [0.717, 1.165) is 61.4 Å². The number of hydrogen-bond donors (Lipinski definition) is 2. The average Bonchev–Trinajstić information content (AvgIpc) is 3.42. The fraction of sp³-hybridized carbons (Fsp3) is 0.444. The molecule has 0 spiro atoms. The summed E-state index contributed by atoms with van der Waals surface area (Å²) in [6.45, 7) is 9.93. The zero-order chi connectivity index (χ0) is 24.4. The Labute approximate surface area is 205 Å². The SMILES string of the molecule is Cc1[nH]c2nnc(-c3ccccc3O)cc2c1C1CCN(CCOc2cc(CC(C)C)on2)CC1. The molecule has 3 aromatic heterocycles. The number of aromatic amines is 1. The lowest BCUT2D eigenvalue weighted by atomic mass is 9.87. The van der Waals surface area contributed by atoms with Gasteiger partial charge in [-0.15, -0.1) is 10.2 Å². The van der Waals surface area contributed by atoms with Crippen molar-refractivity contribution in [3.8, 4) is 22.9 Å². The number of fused-ring (bicyclic) bond motifs is 1. The van der Waals surface area contributed by atoms with E-state index in [1.807, 2.05) is 24.3 Å². The molecular formula is C27H33N5O3. The molecule has 0 bridgehead atoms. The van der Waals surface area contributed by atoms with Crippen LogP contribution in [0, 0.1) is 12.8 Å². The first-order valence-corrected chi connectivity index (χ1v) is 12.4. The molecule has 8 heteroatoms. The quantitative estimate of drug-likeness (QED) is 0.366. The van der Waals surface area contributed by atoms with Gasteiger partial charge in [0.15, 0.2) is 5.65 Å². The second-order valence-corrected chi connectivity index (χ2v) is 9.87. The molecular weight excluding hydrogens is 442 g/mol. The van der Waals surface area contributed by atoms with Crippen molar-refractivity contribution in [3.05, 3.63) is 53.4 Å². The second kappa shape index (κ2) is 10.1. The minimum Gasteiger partial charge on any atom is -0.507 e. The molecule has 4 heterocycles. The van der Waals surface area contributed by atoms with Crippen molar-refractivity contribution < 1.29 is 14.4 Å². The highest BCUT2D eigenvalue weighted by Crippen LogP contribution is 2.37. The maximum atomic E-state index is 10.3. The predicted molar refractivity (Wildman–Crippen MR) is 135 cm³/mol. The highest BCUT2D eigenvalue weighted by molar-refractivity contribution is 5.85. The van der Waals surface area contributed by atoms with E-state index in [9.17, 15) is 5.11 Å². The van der Waals surface area contributed by atoms with Crippen LogP contribution < -0.4 is 4.74 Å². The van der Waals surface area contributed by atoms with E-state index >= 15 is 0 Å². The summed E-state index contributed by atoms with van der Waals surface area (Å²) in [4.78, 5) is 5.86. The first-order valence-electron chi connectivity index (χ1n) is 12.4. The molecule has 5 rings (SSSR count). The molecule has 0 aliphatic carbocycles. The van der Waals surface area contributed by atoms with Gasteiger partial charge in [0.1, 0.15) is 18.1 Å².